The van der Waals surface area contributed by atoms with Crippen LogP contribution in [0.25, 0.3) is 11.3 Å². The Kier molecular flexibility index (Phi) is 6.96. The van der Waals surface area contributed by atoms with Crippen molar-refractivity contribution in [3.05, 3.63) is 95.2 Å². The van der Waals surface area contributed by atoms with E-state index in [1.807, 2.05) is 60.7 Å². The third kappa shape index (κ3) is 4.39. The van der Waals surface area contributed by atoms with Gasteiger partial charge in [0.25, 0.3) is 0 Å². The summed E-state index contributed by atoms with van der Waals surface area (Å²) in [6, 6.07) is 22.3. The second-order valence-corrected chi connectivity index (χ2v) is 7.33. The molecule has 9 heteroatoms. The van der Waals surface area contributed by atoms with E-state index in [1.165, 1.54) is 0 Å². The molecule has 0 aliphatic carbocycles. The van der Waals surface area contributed by atoms with Gasteiger partial charge in [-0.3, -0.25) is 0 Å². The largest absolute Gasteiger partial charge is 0.496 e. The molecule has 0 spiro atoms. The van der Waals surface area contributed by atoms with Crippen molar-refractivity contribution in [1.29, 1.82) is 0 Å². The summed E-state index contributed by atoms with van der Waals surface area (Å²) in [5.41, 5.74) is 3.68. The molecule has 178 valence electrons. The molecule has 0 saturated heterocycles. The number of aromatic nitrogens is 1. The van der Waals surface area contributed by atoms with E-state index in [4.69, 9.17) is 30.4 Å². The van der Waals surface area contributed by atoms with Crippen molar-refractivity contribution in [2.24, 2.45) is 21.9 Å². The average molecular weight is 472 g/mol. The predicted molar refractivity (Wildman–Crippen MR) is 134 cm³/mol. The number of hydrogen-bond donors (Lipinski definition) is 2. The zero-order valence-corrected chi connectivity index (χ0v) is 19.6. The van der Waals surface area contributed by atoms with Crippen LogP contribution in [0, 0.1) is 0 Å². The van der Waals surface area contributed by atoms with E-state index < -0.39 is 0 Å². The number of rotatable bonds is 8. The number of hydrogen-bond acceptors (Lipinski definition) is 9. The highest BCUT2D eigenvalue weighted by atomic mass is 16.5. The van der Waals surface area contributed by atoms with Crippen molar-refractivity contribution in [3.8, 4) is 28.5 Å². The predicted octanol–water partition coefficient (Wildman–Crippen LogP) is 3.79. The van der Waals surface area contributed by atoms with E-state index in [2.05, 4.69) is 15.4 Å². The van der Waals surface area contributed by atoms with Gasteiger partial charge < -0.3 is 30.4 Å². The molecule has 0 amide bonds. The van der Waals surface area contributed by atoms with Crippen molar-refractivity contribution in [1.82, 2.24) is 5.16 Å². The summed E-state index contributed by atoms with van der Waals surface area (Å²) in [6.45, 7) is 0. The molecule has 4 aromatic rings. The monoisotopic (exact) mass is 471 g/mol. The fraction of sp³-hybridized carbons (Fsp3) is 0.115. The molecule has 0 saturated carbocycles. The molecule has 1 heterocycles. The van der Waals surface area contributed by atoms with E-state index in [-0.39, 0.29) is 0 Å². The van der Waals surface area contributed by atoms with E-state index in [1.54, 1.807) is 33.5 Å². The van der Waals surface area contributed by atoms with Crippen LogP contribution < -0.4 is 25.9 Å². The van der Waals surface area contributed by atoms with Crippen molar-refractivity contribution in [3.63, 3.8) is 0 Å². The number of methoxy groups -OCH3 is 3. The zero-order chi connectivity index (χ0) is 24.8. The molecule has 0 aliphatic heterocycles. The van der Waals surface area contributed by atoms with E-state index in [0.717, 1.165) is 11.1 Å². The highest BCUT2D eigenvalue weighted by Gasteiger charge is 2.31. The Morgan fingerprint density at radius 1 is 0.743 bits per heavy atom. The summed E-state index contributed by atoms with van der Waals surface area (Å²) >= 11 is 0. The Morgan fingerprint density at radius 2 is 1.26 bits per heavy atom. The Balaban J connectivity index is 2.06. The minimum atomic E-state index is 0.293. The van der Waals surface area contributed by atoms with Crippen LogP contribution in [0.2, 0.25) is 0 Å². The molecule has 35 heavy (non-hydrogen) atoms. The van der Waals surface area contributed by atoms with Crippen molar-refractivity contribution < 1.29 is 18.7 Å². The van der Waals surface area contributed by atoms with E-state index in [0.29, 0.717) is 51.3 Å². The molecule has 4 N–H and O–H groups in total. The summed E-state index contributed by atoms with van der Waals surface area (Å²) in [5.74, 6) is 13.5. The second kappa shape index (κ2) is 10.4. The first kappa shape index (κ1) is 23.4. The van der Waals surface area contributed by atoms with Crippen LogP contribution in [0.15, 0.2) is 87.5 Å². The van der Waals surface area contributed by atoms with Gasteiger partial charge in [-0.2, -0.15) is 10.2 Å². The summed E-state index contributed by atoms with van der Waals surface area (Å²) < 4.78 is 22.6. The SMILES string of the molecule is COc1cc(OC)c(-c2noc(C(=NN)c3ccccc3)c2C(=NN)c2ccccc2)c(OC)c1. The van der Waals surface area contributed by atoms with Gasteiger partial charge in [0.1, 0.15) is 34.4 Å². The minimum absolute atomic E-state index is 0.293. The van der Waals surface area contributed by atoms with E-state index in [9.17, 15) is 0 Å². The van der Waals surface area contributed by atoms with Crippen molar-refractivity contribution >= 4 is 11.4 Å². The van der Waals surface area contributed by atoms with Crippen LogP contribution in [0.4, 0.5) is 0 Å². The third-order valence-electron chi connectivity index (χ3n) is 5.45. The van der Waals surface area contributed by atoms with Crippen LogP contribution in [0.5, 0.6) is 17.2 Å². The maximum atomic E-state index is 5.94. The van der Waals surface area contributed by atoms with Gasteiger partial charge in [-0.15, -0.1) is 0 Å². The maximum absolute atomic E-state index is 5.94. The summed E-state index contributed by atoms with van der Waals surface area (Å²) in [4.78, 5) is 0. The number of hydrazone groups is 2. The maximum Gasteiger partial charge on any atom is 0.197 e. The molecule has 0 radical (unpaired) electrons. The van der Waals surface area contributed by atoms with Gasteiger partial charge >= 0.3 is 0 Å². The standard InChI is InChI=1S/C26H25N5O4/c1-32-18-14-19(33-2)21(20(15-18)34-3)25-22(23(29-27)16-10-6-4-7-11-16)26(35-31-25)24(30-28)17-12-8-5-9-13-17/h4-15H,27-28H2,1-3H3. The Morgan fingerprint density at radius 3 is 1.71 bits per heavy atom. The zero-order valence-electron chi connectivity index (χ0n) is 19.6. The fourth-order valence-electron chi connectivity index (χ4n) is 3.82. The molecular formula is C26H25N5O4. The first-order chi connectivity index (χ1) is 17.2. The fourth-order valence-corrected chi connectivity index (χ4v) is 3.82. The normalized spacial score (nSPS) is 11.9. The van der Waals surface area contributed by atoms with Crippen LogP contribution in [-0.2, 0) is 0 Å². The molecule has 3 aromatic carbocycles. The van der Waals surface area contributed by atoms with Crippen molar-refractivity contribution in [2.45, 2.75) is 0 Å². The number of benzene rings is 3. The van der Waals surface area contributed by atoms with Gasteiger partial charge in [-0.1, -0.05) is 65.8 Å². The molecule has 0 unspecified atom stereocenters. The van der Waals surface area contributed by atoms with Gasteiger partial charge in [0, 0.05) is 23.3 Å². The number of nitrogens with zero attached hydrogens (tertiary/aromatic N) is 3. The summed E-state index contributed by atoms with van der Waals surface area (Å²) in [5, 5.41) is 12.5. The molecule has 0 aliphatic rings. The lowest BCUT2D eigenvalue weighted by Gasteiger charge is -2.15. The van der Waals surface area contributed by atoms with Gasteiger partial charge in [-0.05, 0) is 0 Å². The third-order valence-corrected chi connectivity index (χ3v) is 5.45. The molecule has 1 aromatic heterocycles. The lowest BCUT2D eigenvalue weighted by atomic mass is 9.93. The first-order valence-corrected chi connectivity index (χ1v) is 10.6. The lowest BCUT2D eigenvalue weighted by molar-refractivity contribution is 0.375. The molecule has 0 bridgehead atoms. The van der Waals surface area contributed by atoms with Gasteiger partial charge in [0.05, 0.1) is 32.5 Å². The quantitative estimate of drug-likeness (QED) is 0.227. The van der Waals surface area contributed by atoms with Crippen LogP contribution in [0.3, 0.4) is 0 Å². The Hall–Kier alpha value is -4.79. The molecule has 0 fully saturated rings. The topological polar surface area (TPSA) is 130 Å². The van der Waals surface area contributed by atoms with Gasteiger partial charge in [-0.25, -0.2) is 0 Å². The average Bonchev–Trinajstić information content (AvgIpc) is 3.33. The Bertz CT molecular complexity index is 1340. The Labute approximate surface area is 202 Å². The highest BCUT2D eigenvalue weighted by Crippen LogP contribution is 2.44. The highest BCUT2D eigenvalue weighted by molar-refractivity contribution is 6.24. The summed E-state index contributed by atoms with van der Waals surface area (Å²) in [6.07, 6.45) is 0. The van der Waals surface area contributed by atoms with Crippen LogP contribution >= 0.6 is 0 Å². The van der Waals surface area contributed by atoms with Crippen LogP contribution in [0.1, 0.15) is 22.5 Å². The smallest absolute Gasteiger partial charge is 0.197 e. The summed E-state index contributed by atoms with van der Waals surface area (Å²) in [7, 11) is 4.65. The van der Waals surface area contributed by atoms with E-state index >= 15 is 0 Å². The van der Waals surface area contributed by atoms with Crippen molar-refractivity contribution in [2.75, 3.05) is 21.3 Å². The van der Waals surface area contributed by atoms with Gasteiger partial charge in [0.2, 0.25) is 0 Å². The van der Waals surface area contributed by atoms with Gasteiger partial charge in [0.15, 0.2) is 5.76 Å². The number of nitrogens with two attached hydrogens (primary N) is 2. The molecule has 0 atom stereocenters. The molecular weight excluding hydrogens is 446 g/mol. The minimum Gasteiger partial charge on any atom is -0.496 e. The lowest BCUT2D eigenvalue weighted by Crippen LogP contribution is -2.14. The van der Waals surface area contributed by atoms with Crippen LogP contribution in [-0.4, -0.2) is 37.9 Å². The second-order valence-electron chi connectivity index (χ2n) is 7.33. The number of ether oxygens (including phenoxy) is 3. The molecule has 9 nitrogen and oxygen atoms in total. The first-order valence-electron chi connectivity index (χ1n) is 10.6. The molecule has 4 rings (SSSR count).